The van der Waals surface area contributed by atoms with E-state index in [1.165, 1.54) is 0 Å². The minimum absolute atomic E-state index is 0. The largest absolute Gasteiger partial charge is 0.508 e. The Morgan fingerprint density at radius 3 is 2.32 bits per heavy atom. The van der Waals surface area contributed by atoms with Gasteiger partial charge in [-0.1, -0.05) is 31.9 Å². The van der Waals surface area contributed by atoms with Gasteiger partial charge in [0.25, 0.3) is 0 Å². The Morgan fingerprint density at radius 1 is 1.21 bits per heavy atom. The van der Waals surface area contributed by atoms with E-state index < -0.39 is 0 Å². The zero-order chi connectivity index (χ0) is 12.4. The van der Waals surface area contributed by atoms with Crippen molar-refractivity contribution in [3.8, 4) is 5.75 Å². The summed E-state index contributed by atoms with van der Waals surface area (Å²) in [7, 11) is 0. The lowest BCUT2D eigenvalue weighted by atomic mass is 10.1. The molecule has 0 radical (unpaired) electrons. The third-order valence-electron chi connectivity index (χ3n) is 3.19. The first kappa shape index (κ1) is 19.5. The van der Waals surface area contributed by atoms with Gasteiger partial charge in [0.05, 0.1) is 0 Å². The van der Waals surface area contributed by atoms with Gasteiger partial charge < -0.3 is 10.4 Å². The molecule has 3 nitrogen and oxygen atoms in total. The summed E-state index contributed by atoms with van der Waals surface area (Å²) in [6, 6.07) is 3.95. The summed E-state index contributed by atoms with van der Waals surface area (Å²) in [5.41, 5.74) is 0.968. The molecule has 0 amide bonds. The predicted molar refractivity (Wildman–Crippen MR) is 90.9 cm³/mol. The molecule has 1 saturated heterocycles. The fourth-order valence-corrected chi connectivity index (χ4v) is 3.77. The highest BCUT2D eigenvalue weighted by Gasteiger charge is 2.22. The standard InChI is InChI=1S/C12H16Br2N2O.2ClH/c1-8(16-4-2-15-3-5-16)12-10(14)6-9(13)7-11(12)17;;/h6-8,15,17H,2-5H2,1H3;2*1H/t8-;;/m0../s1. The lowest BCUT2D eigenvalue weighted by Crippen LogP contribution is -2.44. The number of hydrogen-bond donors (Lipinski definition) is 2. The zero-order valence-corrected chi connectivity index (χ0v) is 15.3. The van der Waals surface area contributed by atoms with Crippen molar-refractivity contribution in [3.63, 3.8) is 0 Å². The number of aromatic hydroxyl groups is 1. The molecule has 0 aromatic heterocycles. The van der Waals surface area contributed by atoms with E-state index in [0.29, 0.717) is 5.75 Å². The normalized spacial score (nSPS) is 17.2. The molecule has 7 heteroatoms. The van der Waals surface area contributed by atoms with Gasteiger partial charge in [0.15, 0.2) is 0 Å². The van der Waals surface area contributed by atoms with E-state index in [1.807, 2.05) is 6.07 Å². The number of piperazine rings is 1. The van der Waals surface area contributed by atoms with Crippen molar-refractivity contribution < 1.29 is 5.11 Å². The van der Waals surface area contributed by atoms with Crippen molar-refractivity contribution >= 4 is 56.7 Å². The third kappa shape index (κ3) is 4.76. The second-order valence-corrected chi connectivity index (χ2v) is 6.05. The molecule has 110 valence electrons. The van der Waals surface area contributed by atoms with Crippen molar-refractivity contribution in [3.05, 3.63) is 26.6 Å². The zero-order valence-electron chi connectivity index (χ0n) is 10.5. The highest BCUT2D eigenvalue weighted by molar-refractivity contribution is 9.11. The topological polar surface area (TPSA) is 35.5 Å². The molecule has 1 fully saturated rings. The van der Waals surface area contributed by atoms with E-state index in [-0.39, 0.29) is 30.9 Å². The van der Waals surface area contributed by atoms with Crippen LogP contribution in [0.1, 0.15) is 18.5 Å². The van der Waals surface area contributed by atoms with Gasteiger partial charge in [-0.25, -0.2) is 0 Å². The molecule has 1 aromatic carbocycles. The predicted octanol–water partition coefficient (Wildman–Crippen LogP) is 3.73. The fourth-order valence-electron chi connectivity index (χ4n) is 2.24. The number of nitrogens with one attached hydrogen (secondary N) is 1. The van der Waals surface area contributed by atoms with Crippen molar-refractivity contribution in [1.29, 1.82) is 0 Å². The van der Waals surface area contributed by atoms with Gasteiger partial charge in [0.1, 0.15) is 5.75 Å². The Hall–Kier alpha value is 0.480. The second-order valence-electron chi connectivity index (χ2n) is 4.28. The molecule has 0 saturated carbocycles. The molecule has 1 aromatic rings. The lowest BCUT2D eigenvalue weighted by molar-refractivity contribution is 0.182. The molecule has 2 N–H and O–H groups in total. The third-order valence-corrected chi connectivity index (χ3v) is 4.30. The van der Waals surface area contributed by atoms with E-state index in [9.17, 15) is 5.11 Å². The van der Waals surface area contributed by atoms with Crippen molar-refractivity contribution in [2.45, 2.75) is 13.0 Å². The molecule has 19 heavy (non-hydrogen) atoms. The number of benzene rings is 1. The molecule has 0 bridgehead atoms. The highest BCUT2D eigenvalue weighted by Crippen LogP contribution is 2.37. The summed E-state index contributed by atoms with van der Waals surface area (Å²) in [6.07, 6.45) is 0. The Morgan fingerprint density at radius 2 is 1.79 bits per heavy atom. The molecule has 2 rings (SSSR count). The first-order valence-electron chi connectivity index (χ1n) is 5.72. The van der Waals surface area contributed by atoms with Crippen molar-refractivity contribution in [2.24, 2.45) is 0 Å². The summed E-state index contributed by atoms with van der Waals surface area (Å²) < 4.78 is 1.84. The average Bonchev–Trinajstić information content (AvgIpc) is 2.28. The molecule has 0 spiro atoms. The Kier molecular flexibility index (Phi) is 8.92. The Labute approximate surface area is 143 Å². The molecule has 1 aliphatic heterocycles. The quantitative estimate of drug-likeness (QED) is 0.741. The number of rotatable bonds is 2. The second kappa shape index (κ2) is 8.70. The van der Waals surface area contributed by atoms with Crippen molar-refractivity contribution in [1.82, 2.24) is 10.2 Å². The van der Waals surface area contributed by atoms with Crippen LogP contribution in [-0.2, 0) is 0 Å². The van der Waals surface area contributed by atoms with Crippen LogP contribution in [0.3, 0.4) is 0 Å². The number of hydrogen-bond acceptors (Lipinski definition) is 3. The maximum Gasteiger partial charge on any atom is 0.122 e. The summed E-state index contributed by atoms with van der Waals surface area (Å²) in [5, 5.41) is 13.4. The summed E-state index contributed by atoms with van der Waals surface area (Å²) in [5.74, 6) is 0.345. The van der Waals surface area contributed by atoms with E-state index in [2.05, 4.69) is 49.0 Å². The molecule has 0 aliphatic carbocycles. The number of nitrogens with zero attached hydrogens (tertiary/aromatic N) is 1. The van der Waals surface area contributed by atoms with E-state index >= 15 is 0 Å². The summed E-state index contributed by atoms with van der Waals surface area (Å²) in [6.45, 7) is 6.20. The van der Waals surface area contributed by atoms with Crippen LogP contribution >= 0.6 is 56.7 Å². The molecule has 1 heterocycles. The van der Waals surface area contributed by atoms with Crippen LogP contribution in [-0.4, -0.2) is 36.2 Å². The molecular weight excluding hydrogens is 419 g/mol. The summed E-state index contributed by atoms with van der Waals surface area (Å²) >= 11 is 6.91. The van der Waals surface area contributed by atoms with Crippen molar-refractivity contribution in [2.75, 3.05) is 26.2 Å². The Balaban J connectivity index is 0.00000162. The van der Waals surface area contributed by atoms with E-state index in [1.54, 1.807) is 6.07 Å². The van der Waals surface area contributed by atoms with Gasteiger partial charge in [-0.3, -0.25) is 4.90 Å². The minimum atomic E-state index is 0. The molecular formula is C12H18Br2Cl2N2O. The first-order valence-corrected chi connectivity index (χ1v) is 7.31. The Bertz CT molecular complexity index is 392. The van der Waals surface area contributed by atoms with Crippen LogP contribution in [0.5, 0.6) is 5.75 Å². The average molecular weight is 437 g/mol. The van der Waals surface area contributed by atoms with Crippen LogP contribution in [0.4, 0.5) is 0 Å². The summed E-state index contributed by atoms with van der Waals surface area (Å²) in [4.78, 5) is 2.38. The van der Waals surface area contributed by atoms with E-state index in [0.717, 1.165) is 40.7 Å². The van der Waals surface area contributed by atoms with Gasteiger partial charge in [0, 0.05) is 46.7 Å². The fraction of sp³-hybridized carbons (Fsp3) is 0.500. The lowest BCUT2D eigenvalue weighted by Gasteiger charge is -2.33. The van der Waals surface area contributed by atoms with Gasteiger partial charge in [-0.15, -0.1) is 24.8 Å². The van der Waals surface area contributed by atoms with Crippen LogP contribution in [0.2, 0.25) is 0 Å². The SMILES string of the molecule is C[C@@H](c1c(O)cc(Br)cc1Br)N1CCNCC1.Cl.Cl. The number of phenols is 1. The van der Waals surface area contributed by atoms with Crippen LogP contribution in [0.15, 0.2) is 21.1 Å². The smallest absolute Gasteiger partial charge is 0.122 e. The highest BCUT2D eigenvalue weighted by atomic mass is 79.9. The van der Waals surface area contributed by atoms with Crippen LogP contribution < -0.4 is 5.32 Å². The maximum atomic E-state index is 10.1. The molecule has 1 atom stereocenters. The van der Waals surface area contributed by atoms with Gasteiger partial charge >= 0.3 is 0 Å². The van der Waals surface area contributed by atoms with Gasteiger partial charge in [-0.2, -0.15) is 0 Å². The maximum absolute atomic E-state index is 10.1. The van der Waals surface area contributed by atoms with E-state index in [4.69, 9.17) is 0 Å². The number of halogens is 4. The van der Waals surface area contributed by atoms with Gasteiger partial charge in [0.2, 0.25) is 0 Å². The molecule has 0 unspecified atom stereocenters. The van der Waals surface area contributed by atoms with Gasteiger partial charge in [-0.05, 0) is 19.1 Å². The first-order chi connectivity index (χ1) is 8.09. The minimum Gasteiger partial charge on any atom is -0.508 e. The number of phenolic OH excluding ortho intramolecular Hbond substituents is 1. The van der Waals surface area contributed by atoms with Crippen LogP contribution in [0.25, 0.3) is 0 Å². The monoisotopic (exact) mass is 434 g/mol. The van der Waals surface area contributed by atoms with Crippen LogP contribution in [0, 0.1) is 0 Å². The molecule has 1 aliphatic rings.